The van der Waals surface area contributed by atoms with Crippen LogP contribution in [0.2, 0.25) is 0 Å². The molecule has 0 fully saturated rings. The summed E-state index contributed by atoms with van der Waals surface area (Å²) in [7, 11) is -3.78. The smallest absolute Gasteiger partial charge is 0.291 e. The molecular weight excluding hydrogens is 352 g/mol. The molecule has 7 nitrogen and oxygen atoms in total. The Hall–Kier alpha value is -2.45. The highest BCUT2D eigenvalue weighted by molar-refractivity contribution is 7.89. The number of aromatic nitrogens is 3. The standard InChI is InChI=1S/C18H22N4O3S/c1-4-17-19-22(5-2)18(23)16-11-15(12-21(16)17)26(24,25)20-13(3)14-9-7-6-8-10-14/h6-13,20H,4-5H2,1-3H3/t13-/m0/s1. The van der Waals surface area contributed by atoms with Gasteiger partial charge in [-0.15, -0.1) is 0 Å². The summed E-state index contributed by atoms with van der Waals surface area (Å²) in [4.78, 5) is 12.5. The van der Waals surface area contributed by atoms with Gasteiger partial charge < -0.3 is 0 Å². The molecule has 0 radical (unpaired) electrons. The maximum Gasteiger partial charge on any atom is 0.291 e. The number of nitrogens with one attached hydrogen (secondary N) is 1. The van der Waals surface area contributed by atoms with Crippen molar-refractivity contribution in [3.8, 4) is 0 Å². The first-order valence-corrected chi connectivity index (χ1v) is 10.0. The largest absolute Gasteiger partial charge is 0.297 e. The zero-order chi connectivity index (χ0) is 18.9. The van der Waals surface area contributed by atoms with Crippen LogP contribution in [0.1, 0.15) is 38.2 Å². The summed E-state index contributed by atoms with van der Waals surface area (Å²) in [5.74, 6) is 0.638. The Kier molecular flexibility index (Phi) is 4.97. The van der Waals surface area contributed by atoms with Crippen LogP contribution in [0.4, 0.5) is 0 Å². The van der Waals surface area contributed by atoms with Crippen LogP contribution in [-0.4, -0.2) is 22.6 Å². The number of hydrogen-bond donors (Lipinski definition) is 1. The highest BCUT2D eigenvalue weighted by atomic mass is 32.2. The van der Waals surface area contributed by atoms with Gasteiger partial charge in [0.15, 0.2) is 0 Å². The number of benzene rings is 1. The summed E-state index contributed by atoms with van der Waals surface area (Å²) >= 11 is 0. The lowest BCUT2D eigenvalue weighted by atomic mass is 10.1. The average Bonchev–Trinajstić information content (AvgIpc) is 3.09. The Balaban J connectivity index is 2.04. The molecule has 0 saturated heterocycles. The van der Waals surface area contributed by atoms with Crippen molar-refractivity contribution in [1.29, 1.82) is 0 Å². The molecule has 0 spiro atoms. The molecule has 0 unspecified atom stereocenters. The van der Waals surface area contributed by atoms with Crippen molar-refractivity contribution in [2.45, 2.75) is 44.7 Å². The predicted molar refractivity (Wildman–Crippen MR) is 99.7 cm³/mol. The second kappa shape index (κ2) is 7.05. The van der Waals surface area contributed by atoms with Crippen molar-refractivity contribution < 1.29 is 8.42 Å². The summed E-state index contributed by atoms with van der Waals surface area (Å²) in [6, 6.07) is 10.3. The topological polar surface area (TPSA) is 85.5 Å². The highest BCUT2D eigenvalue weighted by Crippen LogP contribution is 2.19. The SMILES string of the molecule is CCc1nn(CC)c(=O)c2cc(S(=O)(=O)N[C@@H](C)c3ccccc3)cn12. The molecule has 1 atom stereocenters. The molecule has 0 aliphatic heterocycles. The van der Waals surface area contributed by atoms with E-state index in [9.17, 15) is 13.2 Å². The van der Waals surface area contributed by atoms with Crippen LogP contribution in [0.15, 0.2) is 52.3 Å². The van der Waals surface area contributed by atoms with Gasteiger partial charge in [-0.1, -0.05) is 37.3 Å². The normalized spacial score (nSPS) is 13.2. The van der Waals surface area contributed by atoms with E-state index in [4.69, 9.17) is 0 Å². The number of hydrogen-bond acceptors (Lipinski definition) is 4. The van der Waals surface area contributed by atoms with Crippen LogP contribution in [-0.2, 0) is 23.0 Å². The van der Waals surface area contributed by atoms with E-state index in [1.54, 1.807) is 11.3 Å². The number of rotatable bonds is 6. The zero-order valence-electron chi connectivity index (χ0n) is 15.0. The molecule has 2 heterocycles. The molecule has 8 heteroatoms. The molecule has 0 amide bonds. The summed E-state index contributed by atoms with van der Waals surface area (Å²) in [5, 5.41) is 4.29. The first kappa shape index (κ1) is 18.3. The van der Waals surface area contributed by atoms with Crippen LogP contribution < -0.4 is 10.3 Å². The maximum atomic E-state index is 12.8. The number of nitrogens with zero attached hydrogens (tertiary/aromatic N) is 3. The predicted octanol–water partition coefficient (Wildman–Crippen LogP) is 2.12. The fourth-order valence-corrected chi connectivity index (χ4v) is 4.14. The van der Waals surface area contributed by atoms with E-state index in [1.807, 2.05) is 44.2 Å². The van der Waals surface area contributed by atoms with Gasteiger partial charge in [0.25, 0.3) is 5.56 Å². The summed E-state index contributed by atoms with van der Waals surface area (Å²) in [6.07, 6.45) is 2.04. The van der Waals surface area contributed by atoms with Gasteiger partial charge in [0.1, 0.15) is 16.2 Å². The molecule has 1 aromatic carbocycles. The Labute approximate surface area is 152 Å². The van der Waals surface area contributed by atoms with Crippen molar-refractivity contribution in [2.24, 2.45) is 0 Å². The van der Waals surface area contributed by atoms with E-state index >= 15 is 0 Å². The maximum absolute atomic E-state index is 12.8. The van der Waals surface area contributed by atoms with Crippen LogP contribution in [0.25, 0.3) is 5.52 Å². The van der Waals surface area contributed by atoms with E-state index in [0.29, 0.717) is 24.3 Å². The second-order valence-corrected chi connectivity index (χ2v) is 7.79. The molecule has 3 rings (SSSR count). The molecule has 2 aromatic heterocycles. The quantitative estimate of drug-likeness (QED) is 0.716. The summed E-state index contributed by atoms with van der Waals surface area (Å²) in [5.41, 5.74) is 0.873. The third kappa shape index (κ3) is 3.30. The van der Waals surface area contributed by atoms with E-state index in [1.165, 1.54) is 16.9 Å². The van der Waals surface area contributed by atoms with E-state index in [0.717, 1.165) is 5.56 Å². The van der Waals surface area contributed by atoms with Crippen molar-refractivity contribution in [3.05, 3.63) is 64.3 Å². The van der Waals surface area contributed by atoms with Gasteiger partial charge in [0, 0.05) is 25.2 Å². The van der Waals surface area contributed by atoms with Crippen LogP contribution in [0, 0.1) is 0 Å². The molecule has 3 aromatic rings. The second-order valence-electron chi connectivity index (χ2n) is 6.08. The van der Waals surface area contributed by atoms with Gasteiger partial charge >= 0.3 is 0 Å². The highest BCUT2D eigenvalue weighted by Gasteiger charge is 2.22. The molecule has 26 heavy (non-hydrogen) atoms. The van der Waals surface area contributed by atoms with Gasteiger partial charge in [-0.25, -0.2) is 17.8 Å². The zero-order valence-corrected chi connectivity index (χ0v) is 15.8. The Morgan fingerprint density at radius 2 is 1.88 bits per heavy atom. The van der Waals surface area contributed by atoms with Crippen LogP contribution in [0.5, 0.6) is 0 Å². The van der Waals surface area contributed by atoms with Crippen LogP contribution in [0.3, 0.4) is 0 Å². The Morgan fingerprint density at radius 3 is 2.50 bits per heavy atom. The number of fused-ring (bicyclic) bond motifs is 1. The summed E-state index contributed by atoms with van der Waals surface area (Å²) < 4.78 is 31.2. The van der Waals surface area contributed by atoms with Gasteiger partial charge in [0.05, 0.1) is 0 Å². The van der Waals surface area contributed by atoms with Crippen molar-refractivity contribution in [1.82, 2.24) is 18.9 Å². The van der Waals surface area contributed by atoms with Gasteiger partial charge in [-0.3, -0.25) is 9.20 Å². The van der Waals surface area contributed by atoms with Crippen molar-refractivity contribution in [3.63, 3.8) is 0 Å². The molecule has 1 N–H and O–H groups in total. The molecular formula is C18H22N4O3S. The fourth-order valence-electron chi connectivity index (χ4n) is 2.89. The molecule has 138 valence electrons. The first-order chi connectivity index (χ1) is 12.4. The monoisotopic (exact) mass is 374 g/mol. The third-order valence-electron chi connectivity index (χ3n) is 4.32. The molecule has 0 bridgehead atoms. The summed E-state index contributed by atoms with van der Waals surface area (Å²) in [6.45, 7) is 5.95. The minimum Gasteiger partial charge on any atom is -0.297 e. The molecule has 0 saturated carbocycles. The third-order valence-corrected chi connectivity index (χ3v) is 5.83. The minimum atomic E-state index is -3.78. The van der Waals surface area contributed by atoms with E-state index in [2.05, 4.69) is 9.82 Å². The van der Waals surface area contributed by atoms with E-state index in [-0.39, 0.29) is 16.5 Å². The van der Waals surface area contributed by atoms with Crippen molar-refractivity contribution >= 4 is 15.5 Å². The van der Waals surface area contributed by atoms with Crippen molar-refractivity contribution in [2.75, 3.05) is 0 Å². The lowest BCUT2D eigenvalue weighted by Crippen LogP contribution is -2.26. The number of aryl methyl sites for hydroxylation is 2. The van der Waals surface area contributed by atoms with Gasteiger partial charge in [0.2, 0.25) is 10.0 Å². The van der Waals surface area contributed by atoms with Gasteiger partial charge in [-0.2, -0.15) is 5.10 Å². The lowest BCUT2D eigenvalue weighted by molar-refractivity contribution is 0.566. The van der Waals surface area contributed by atoms with E-state index < -0.39 is 10.0 Å². The molecule has 0 aliphatic rings. The minimum absolute atomic E-state index is 0.0581. The average molecular weight is 374 g/mol. The fraction of sp³-hybridized carbons (Fsp3) is 0.333. The first-order valence-electron chi connectivity index (χ1n) is 8.56. The Morgan fingerprint density at radius 1 is 1.19 bits per heavy atom. The van der Waals surface area contributed by atoms with Crippen LogP contribution >= 0.6 is 0 Å². The number of sulfonamides is 1. The molecule has 0 aliphatic carbocycles. The lowest BCUT2D eigenvalue weighted by Gasteiger charge is -2.13. The Bertz CT molecular complexity index is 1080. The van der Waals surface area contributed by atoms with Gasteiger partial charge in [-0.05, 0) is 25.5 Å².